The SMILES string of the molecule is O=C(N[C@@H](Cc1cc(F)cc(F)c1)C(=O)N1CCC2C1C(=O)CN2C(=O)c1ccccc1)c1cccc(Br)c1. The molecule has 3 amide bonds. The van der Waals surface area contributed by atoms with Crippen molar-refractivity contribution in [1.29, 1.82) is 0 Å². The molecular formula is C29H24BrF2N3O4. The number of nitrogens with zero attached hydrogens (tertiary/aromatic N) is 2. The van der Waals surface area contributed by atoms with Gasteiger partial charge in [0.25, 0.3) is 11.8 Å². The van der Waals surface area contributed by atoms with E-state index in [1.165, 1.54) is 9.80 Å². The zero-order valence-corrected chi connectivity index (χ0v) is 22.2. The Hall–Kier alpha value is -3.92. The highest BCUT2D eigenvalue weighted by molar-refractivity contribution is 9.10. The van der Waals surface area contributed by atoms with Crippen molar-refractivity contribution in [2.24, 2.45) is 0 Å². The summed E-state index contributed by atoms with van der Waals surface area (Å²) in [5.74, 6) is -3.29. The lowest BCUT2D eigenvalue weighted by Gasteiger charge is -2.28. The smallest absolute Gasteiger partial charge is 0.254 e. The number of carbonyl (C=O) groups excluding carboxylic acids is 4. The number of Topliss-reactive ketones (excluding diaryl/α,β-unsaturated/α-hetero) is 1. The molecule has 0 saturated carbocycles. The third-order valence-corrected chi connectivity index (χ3v) is 7.53. The van der Waals surface area contributed by atoms with E-state index in [-0.39, 0.29) is 42.3 Å². The van der Waals surface area contributed by atoms with E-state index in [1.807, 2.05) is 0 Å². The summed E-state index contributed by atoms with van der Waals surface area (Å²) in [5, 5.41) is 2.69. The van der Waals surface area contributed by atoms with Crippen molar-refractivity contribution in [1.82, 2.24) is 15.1 Å². The molecule has 0 radical (unpaired) electrons. The molecule has 2 aliphatic heterocycles. The summed E-state index contributed by atoms with van der Waals surface area (Å²) in [5.41, 5.74) is 0.904. The fraction of sp³-hybridized carbons (Fsp3) is 0.241. The molecule has 2 unspecified atom stereocenters. The Bertz CT molecular complexity index is 1430. The fourth-order valence-corrected chi connectivity index (χ4v) is 5.72. The van der Waals surface area contributed by atoms with E-state index in [0.29, 0.717) is 16.5 Å². The van der Waals surface area contributed by atoms with Crippen LogP contribution in [0, 0.1) is 11.6 Å². The van der Waals surface area contributed by atoms with Gasteiger partial charge in [-0.1, -0.05) is 40.2 Å². The van der Waals surface area contributed by atoms with Crippen molar-refractivity contribution in [2.45, 2.75) is 31.0 Å². The standard InChI is InChI=1S/C29H24BrF2N3O4/c30-20-8-4-7-19(14-20)27(37)33-23(13-17-11-21(31)15-22(32)12-17)29(39)34-10-9-24-26(34)25(36)16-35(24)28(38)18-5-2-1-3-6-18/h1-8,11-12,14-15,23-24,26H,9-10,13,16H2,(H,33,37)/t23-,24?,26?/m0/s1. The maximum Gasteiger partial charge on any atom is 0.254 e. The van der Waals surface area contributed by atoms with Gasteiger partial charge in [0.1, 0.15) is 23.7 Å². The van der Waals surface area contributed by atoms with Crippen LogP contribution < -0.4 is 5.32 Å². The third-order valence-electron chi connectivity index (χ3n) is 7.04. The van der Waals surface area contributed by atoms with E-state index >= 15 is 0 Å². The number of halogens is 3. The first-order valence-electron chi connectivity index (χ1n) is 12.4. The molecule has 7 nitrogen and oxygen atoms in total. The van der Waals surface area contributed by atoms with Gasteiger partial charge in [0.2, 0.25) is 5.91 Å². The molecule has 5 rings (SSSR count). The van der Waals surface area contributed by atoms with Crippen molar-refractivity contribution in [2.75, 3.05) is 13.1 Å². The minimum Gasteiger partial charge on any atom is -0.340 e. The Labute approximate surface area is 231 Å². The first-order valence-corrected chi connectivity index (χ1v) is 13.2. The maximum absolute atomic E-state index is 13.9. The van der Waals surface area contributed by atoms with Crippen LogP contribution in [0.2, 0.25) is 0 Å². The Balaban J connectivity index is 1.40. The van der Waals surface area contributed by atoms with Gasteiger partial charge >= 0.3 is 0 Å². The number of fused-ring (bicyclic) bond motifs is 1. The minimum absolute atomic E-state index is 0.128. The van der Waals surface area contributed by atoms with E-state index in [9.17, 15) is 28.0 Å². The van der Waals surface area contributed by atoms with E-state index in [0.717, 1.165) is 18.2 Å². The van der Waals surface area contributed by atoms with E-state index in [2.05, 4.69) is 21.2 Å². The van der Waals surface area contributed by atoms with Crippen LogP contribution >= 0.6 is 15.9 Å². The number of carbonyl (C=O) groups is 4. The van der Waals surface area contributed by atoms with Gasteiger partial charge in [-0.05, 0) is 54.4 Å². The van der Waals surface area contributed by atoms with Crippen molar-refractivity contribution in [3.05, 3.63) is 106 Å². The number of hydrogen-bond donors (Lipinski definition) is 1. The first kappa shape index (κ1) is 26.7. The van der Waals surface area contributed by atoms with Gasteiger partial charge in [0.05, 0.1) is 12.6 Å². The van der Waals surface area contributed by atoms with Crippen LogP contribution in [0.25, 0.3) is 0 Å². The quantitative estimate of drug-likeness (QED) is 0.470. The number of hydrogen-bond acceptors (Lipinski definition) is 4. The monoisotopic (exact) mass is 595 g/mol. The molecule has 2 heterocycles. The largest absolute Gasteiger partial charge is 0.340 e. The topological polar surface area (TPSA) is 86.8 Å². The summed E-state index contributed by atoms with van der Waals surface area (Å²) < 4.78 is 28.5. The summed E-state index contributed by atoms with van der Waals surface area (Å²) in [7, 11) is 0. The Morgan fingerprint density at radius 1 is 0.923 bits per heavy atom. The Morgan fingerprint density at radius 2 is 1.62 bits per heavy atom. The normalized spacial score (nSPS) is 19.1. The molecular weight excluding hydrogens is 572 g/mol. The Morgan fingerprint density at radius 3 is 2.31 bits per heavy atom. The van der Waals surface area contributed by atoms with Crippen LogP contribution in [-0.4, -0.2) is 64.5 Å². The number of amides is 3. The van der Waals surface area contributed by atoms with Crippen molar-refractivity contribution in [3.8, 4) is 0 Å². The molecule has 200 valence electrons. The van der Waals surface area contributed by atoms with Gasteiger partial charge in [-0.15, -0.1) is 0 Å². The first-order chi connectivity index (χ1) is 18.7. The van der Waals surface area contributed by atoms with Gasteiger partial charge in [0, 0.05) is 34.6 Å². The molecule has 2 aliphatic rings. The van der Waals surface area contributed by atoms with Crippen molar-refractivity contribution in [3.63, 3.8) is 0 Å². The molecule has 3 aromatic carbocycles. The number of likely N-dealkylation sites (tertiary alicyclic amines) is 2. The van der Waals surface area contributed by atoms with Crippen LogP contribution in [0.1, 0.15) is 32.7 Å². The highest BCUT2D eigenvalue weighted by Crippen LogP contribution is 2.31. The second kappa shape index (κ2) is 11.1. The number of nitrogens with one attached hydrogen (secondary N) is 1. The number of rotatable bonds is 6. The zero-order chi connectivity index (χ0) is 27.7. The molecule has 3 aromatic rings. The Kier molecular flexibility index (Phi) is 7.56. The van der Waals surface area contributed by atoms with E-state index in [4.69, 9.17) is 0 Å². The van der Waals surface area contributed by atoms with Crippen LogP contribution in [0.4, 0.5) is 8.78 Å². The molecule has 3 atom stereocenters. The second-order valence-corrected chi connectivity index (χ2v) is 10.5. The lowest BCUT2D eigenvalue weighted by molar-refractivity contribution is -0.138. The average Bonchev–Trinajstić information content (AvgIpc) is 3.48. The van der Waals surface area contributed by atoms with Crippen LogP contribution in [-0.2, 0) is 16.0 Å². The van der Waals surface area contributed by atoms with Gasteiger partial charge in [-0.2, -0.15) is 0 Å². The van der Waals surface area contributed by atoms with E-state index < -0.39 is 41.6 Å². The number of benzene rings is 3. The summed E-state index contributed by atoms with van der Waals surface area (Å²) in [6.07, 6.45) is 0.198. The summed E-state index contributed by atoms with van der Waals surface area (Å²) in [6, 6.07) is 15.5. The van der Waals surface area contributed by atoms with Crippen molar-refractivity contribution >= 4 is 39.4 Å². The summed E-state index contributed by atoms with van der Waals surface area (Å²) >= 11 is 3.31. The van der Waals surface area contributed by atoms with Crippen LogP contribution in [0.15, 0.2) is 77.3 Å². The van der Waals surface area contributed by atoms with Crippen LogP contribution in [0.3, 0.4) is 0 Å². The zero-order valence-electron chi connectivity index (χ0n) is 20.6. The lowest BCUT2D eigenvalue weighted by Crippen LogP contribution is -2.53. The molecule has 39 heavy (non-hydrogen) atoms. The van der Waals surface area contributed by atoms with Crippen molar-refractivity contribution < 1.29 is 28.0 Å². The highest BCUT2D eigenvalue weighted by atomic mass is 79.9. The van der Waals surface area contributed by atoms with Gasteiger partial charge in [-0.25, -0.2) is 8.78 Å². The molecule has 1 N–H and O–H groups in total. The van der Waals surface area contributed by atoms with Gasteiger partial charge in [-0.3, -0.25) is 19.2 Å². The van der Waals surface area contributed by atoms with Crippen LogP contribution in [0.5, 0.6) is 0 Å². The minimum atomic E-state index is -1.21. The van der Waals surface area contributed by atoms with Gasteiger partial charge < -0.3 is 15.1 Å². The predicted octanol–water partition coefficient (Wildman–Crippen LogP) is 3.76. The second-order valence-electron chi connectivity index (χ2n) is 9.62. The molecule has 0 aromatic heterocycles. The van der Waals surface area contributed by atoms with Gasteiger partial charge in [0.15, 0.2) is 5.78 Å². The molecule has 2 saturated heterocycles. The molecule has 0 spiro atoms. The summed E-state index contributed by atoms with van der Waals surface area (Å²) in [4.78, 5) is 56.0. The molecule has 10 heteroatoms. The molecule has 2 fully saturated rings. The molecule has 0 aliphatic carbocycles. The third kappa shape index (κ3) is 5.61. The fourth-order valence-electron chi connectivity index (χ4n) is 5.32. The van der Waals surface area contributed by atoms with E-state index in [1.54, 1.807) is 54.6 Å². The maximum atomic E-state index is 13.9. The highest BCUT2D eigenvalue weighted by Gasteiger charge is 2.52. The summed E-state index contributed by atoms with van der Waals surface area (Å²) in [6.45, 7) is 0.0657. The lowest BCUT2D eigenvalue weighted by atomic mass is 10.0. The molecule has 0 bridgehead atoms. The number of ketones is 1. The average molecular weight is 596 g/mol. The predicted molar refractivity (Wildman–Crippen MR) is 142 cm³/mol.